The second kappa shape index (κ2) is 7.60. The van der Waals surface area contributed by atoms with Crippen LogP contribution in [-0.4, -0.2) is 31.2 Å². The van der Waals surface area contributed by atoms with E-state index in [9.17, 15) is 0 Å². The van der Waals surface area contributed by atoms with E-state index in [4.69, 9.17) is 16.3 Å². The lowest BCUT2D eigenvalue weighted by molar-refractivity contribution is 0.142. The molecule has 0 aliphatic rings. The molecule has 0 aromatic carbocycles. The summed E-state index contributed by atoms with van der Waals surface area (Å²) in [4.78, 5) is 0. The van der Waals surface area contributed by atoms with Gasteiger partial charge in [0.05, 0.1) is 0 Å². The van der Waals surface area contributed by atoms with Crippen LogP contribution in [0.15, 0.2) is 0 Å². The average Bonchev–Trinajstić information content (AvgIpc) is 2.04. The molecule has 2 nitrogen and oxygen atoms in total. The van der Waals surface area contributed by atoms with E-state index < -0.39 is 0 Å². The second-order valence-electron chi connectivity index (χ2n) is 3.80. The lowest BCUT2D eigenvalue weighted by Gasteiger charge is -2.25. The summed E-state index contributed by atoms with van der Waals surface area (Å²) in [5.74, 6) is 0.714. The molecular formula is C10H22ClNO. The first-order chi connectivity index (χ1) is 6.12. The highest BCUT2D eigenvalue weighted by molar-refractivity contribution is 6.17. The van der Waals surface area contributed by atoms with Gasteiger partial charge in [-0.15, -0.1) is 11.6 Å². The molecule has 0 atom stereocenters. The molecule has 0 bridgehead atoms. The van der Waals surface area contributed by atoms with Gasteiger partial charge in [0, 0.05) is 24.6 Å². The maximum absolute atomic E-state index is 5.68. The van der Waals surface area contributed by atoms with Crippen molar-refractivity contribution in [2.24, 2.45) is 0 Å². The van der Waals surface area contributed by atoms with Crippen LogP contribution < -0.4 is 5.32 Å². The standard InChI is InChI=1S/C10H22ClNO/c1-4-13-9-5-8-12-10(2,3)6-7-11/h12H,4-9H2,1-3H3. The van der Waals surface area contributed by atoms with E-state index in [1.54, 1.807) is 0 Å². The third-order valence-corrected chi connectivity index (χ3v) is 2.18. The fourth-order valence-corrected chi connectivity index (χ4v) is 1.54. The number of nitrogens with one attached hydrogen (secondary N) is 1. The summed E-state index contributed by atoms with van der Waals surface area (Å²) >= 11 is 5.68. The maximum atomic E-state index is 5.68. The molecule has 1 N–H and O–H groups in total. The summed E-state index contributed by atoms with van der Waals surface area (Å²) in [5, 5.41) is 3.45. The van der Waals surface area contributed by atoms with Crippen molar-refractivity contribution in [3.8, 4) is 0 Å². The normalized spacial score (nSPS) is 12.0. The Morgan fingerprint density at radius 2 is 2.08 bits per heavy atom. The van der Waals surface area contributed by atoms with Crippen molar-refractivity contribution in [1.29, 1.82) is 0 Å². The first-order valence-corrected chi connectivity index (χ1v) is 5.54. The highest BCUT2D eigenvalue weighted by Gasteiger charge is 2.14. The van der Waals surface area contributed by atoms with E-state index in [2.05, 4.69) is 19.2 Å². The predicted octanol–water partition coefficient (Wildman–Crippen LogP) is 2.41. The van der Waals surface area contributed by atoms with Gasteiger partial charge < -0.3 is 10.1 Å². The first-order valence-electron chi connectivity index (χ1n) is 5.01. The van der Waals surface area contributed by atoms with E-state index in [1.165, 1.54) is 0 Å². The van der Waals surface area contributed by atoms with Crippen LogP contribution >= 0.6 is 11.6 Å². The van der Waals surface area contributed by atoms with Gasteiger partial charge in [0.25, 0.3) is 0 Å². The summed E-state index contributed by atoms with van der Waals surface area (Å²) in [5.41, 5.74) is 0.161. The van der Waals surface area contributed by atoms with Crippen molar-refractivity contribution in [1.82, 2.24) is 5.32 Å². The molecular weight excluding hydrogens is 186 g/mol. The molecule has 0 fully saturated rings. The van der Waals surface area contributed by atoms with Crippen LogP contribution in [0.1, 0.15) is 33.6 Å². The van der Waals surface area contributed by atoms with Gasteiger partial charge >= 0.3 is 0 Å². The Labute approximate surface area is 87.0 Å². The average molecular weight is 208 g/mol. The number of rotatable bonds is 8. The van der Waals surface area contributed by atoms with E-state index in [0.717, 1.165) is 32.6 Å². The van der Waals surface area contributed by atoms with Gasteiger partial charge in [-0.1, -0.05) is 0 Å². The van der Waals surface area contributed by atoms with Crippen molar-refractivity contribution in [3.63, 3.8) is 0 Å². The second-order valence-corrected chi connectivity index (χ2v) is 4.18. The third kappa shape index (κ3) is 8.54. The Balaban J connectivity index is 3.29. The van der Waals surface area contributed by atoms with Gasteiger partial charge in [-0.25, -0.2) is 0 Å². The molecule has 0 aromatic rings. The Morgan fingerprint density at radius 3 is 2.62 bits per heavy atom. The molecule has 0 saturated heterocycles. The van der Waals surface area contributed by atoms with Crippen LogP contribution in [0, 0.1) is 0 Å². The molecule has 0 saturated carbocycles. The molecule has 0 heterocycles. The SMILES string of the molecule is CCOCCCNC(C)(C)CCCl. The number of hydrogen-bond acceptors (Lipinski definition) is 2. The minimum Gasteiger partial charge on any atom is -0.382 e. The highest BCUT2D eigenvalue weighted by Crippen LogP contribution is 2.08. The Hall–Kier alpha value is 0.210. The lowest BCUT2D eigenvalue weighted by Crippen LogP contribution is -2.40. The minimum atomic E-state index is 0.161. The van der Waals surface area contributed by atoms with Crippen LogP contribution in [0.4, 0.5) is 0 Å². The maximum Gasteiger partial charge on any atom is 0.0477 e. The third-order valence-electron chi connectivity index (χ3n) is 1.99. The topological polar surface area (TPSA) is 21.3 Å². The number of halogens is 1. The van der Waals surface area contributed by atoms with Crippen LogP contribution in [0.25, 0.3) is 0 Å². The highest BCUT2D eigenvalue weighted by atomic mass is 35.5. The lowest BCUT2D eigenvalue weighted by atomic mass is 10.0. The summed E-state index contributed by atoms with van der Waals surface area (Å²) in [7, 11) is 0. The largest absolute Gasteiger partial charge is 0.382 e. The van der Waals surface area contributed by atoms with E-state index in [-0.39, 0.29) is 5.54 Å². The molecule has 0 aliphatic carbocycles. The zero-order valence-corrected chi connectivity index (χ0v) is 9.78. The Bertz CT molecular complexity index is 117. The van der Waals surface area contributed by atoms with E-state index in [1.807, 2.05) is 6.92 Å². The minimum absolute atomic E-state index is 0.161. The monoisotopic (exact) mass is 207 g/mol. The Morgan fingerprint density at radius 1 is 1.38 bits per heavy atom. The summed E-state index contributed by atoms with van der Waals surface area (Å²) in [6, 6.07) is 0. The molecule has 0 amide bonds. The van der Waals surface area contributed by atoms with Crippen molar-refractivity contribution in [2.75, 3.05) is 25.6 Å². The molecule has 0 spiro atoms. The van der Waals surface area contributed by atoms with Crippen LogP contribution in [0.5, 0.6) is 0 Å². The molecule has 0 unspecified atom stereocenters. The number of alkyl halides is 1. The van der Waals surface area contributed by atoms with Crippen molar-refractivity contribution >= 4 is 11.6 Å². The number of ether oxygens (including phenoxy) is 1. The quantitative estimate of drug-likeness (QED) is 0.488. The summed E-state index contributed by atoms with van der Waals surface area (Å²) in [6.45, 7) is 9.03. The molecule has 0 radical (unpaired) electrons. The van der Waals surface area contributed by atoms with Gasteiger partial charge in [0.2, 0.25) is 0 Å². The zero-order valence-electron chi connectivity index (χ0n) is 9.03. The van der Waals surface area contributed by atoms with E-state index in [0.29, 0.717) is 5.88 Å². The van der Waals surface area contributed by atoms with Crippen molar-refractivity contribution < 1.29 is 4.74 Å². The molecule has 80 valence electrons. The first kappa shape index (κ1) is 13.2. The molecule has 0 rings (SSSR count). The van der Waals surface area contributed by atoms with Gasteiger partial charge in [-0.2, -0.15) is 0 Å². The molecule has 13 heavy (non-hydrogen) atoms. The van der Waals surface area contributed by atoms with Gasteiger partial charge in [-0.3, -0.25) is 0 Å². The fourth-order valence-electron chi connectivity index (χ4n) is 1.07. The van der Waals surface area contributed by atoms with Crippen molar-refractivity contribution in [2.45, 2.75) is 39.2 Å². The molecule has 3 heteroatoms. The molecule has 0 aliphatic heterocycles. The number of hydrogen-bond donors (Lipinski definition) is 1. The van der Waals surface area contributed by atoms with E-state index >= 15 is 0 Å². The van der Waals surface area contributed by atoms with Gasteiger partial charge in [0.1, 0.15) is 0 Å². The predicted molar refractivity (Wildman–Crippen MR) is 58.5 cm³/mol. The Kier molecular flexibility index (Phi) is 7.72. The summed E-state index contributed by atoms with van der Waals surface area (Å²) < 4.78 is 5.24. The zero-order chi connectivity index (χ0) is 10.2. The van der Waals surface area contributed by atoms with Crippen LogP contribution in [-0.2, 0) is 4.74 Å². The van der Waals surface area contributed by atoms with Crippen LogP contribution in [0.3, 0.4) is 0 Å². The summed E-state index contributed by atoms with van der Waals surface area (Å²) in [6.07, 6.45) is 2.07. The van der Waals surface area contributed by atoms with Gasteiger partial charge in [-0.05, 0) is 40.2 Å². The van der Waals surface area contributed by atoms with Gasteiger partial charge in [0.15, 0.2) is 0 Å². The smallest absolute Gasteiger partial charge is 0.0477 e. The molecule has 0 aromatic heterocycles. The van der Waals surface area contributed by atoms with Crippen LogP contribution in [0.2, 0.25) is 0 Å². The van der Waals surface area contributed by atoms with Crippen molar-refractivity contribution in [3.05, 3.63) is 0 Å². The fraction of sp³-hybridized carbons (Fsp3) is 1.00.